The van der Waals surface area contributed by atoms with Gasteiger partial charge in [-0.15, -0.1) is 0 Å². The molecule has 0 aliphatic rings. The van der Waals surface area contributed by atoms with Gasteiger partial charge in [0.05, 0.1) is 0 Å². The minimum atomic E-state index is -3.59. The van der Waals surface area contributed by atoms with Crippen molar-refractivity contribution in [2.24, 2.45) is 0 Å². The van der Waals surface area contributed by atoms with Gasteiger partial charge in [-0.2, -0.15) is 0 Å². The van der Waals surface area contributed by atoms with E-state index in [0.29, 0.717) is 0 Å². The van der Waals surface area contributed by atoms with Crippen LogP contribution in [-0.2, 0) is 13.3 Å². The van der Waals surface area contributed by atoms with E-state index in [1.54, 1.807) is 41.5 Å². The summed E-state index contributed by atoms with van der Waals surface area (Å²) in [5.74, 6) is -4.11. The van der Waals surface area contributed by atoms with Crippen molar-refractivity contribution in [3.63, 3.8) is 0 Å². The number of hydrogen-bond donors (Lipinski definition) is 0. The average Bonchev–Trinajstić information content (AvgIpc) is 2.32. The second-order valence-corrected chi connectivity index (χ2v) is 8.21. The van der Waals surface area contributed by atoms with E-state index in [-0.39, 0.29) is 23.5 Å². The predicted octanol–water partition coefficient (Wildman–Crippen LogP) is 3.52. The normalized spacial score (nSPS) is 12.7. The highest BCUT2D eigenvalue weighted by Crippen LogP contribution is 2.20. The Morgan fingerprint density at radius 2 is 1.05 bits per heavy atom. The maximum Gasteiger partial charge on any atom is 0.538 e. The molecular weight excluding hydrogens is 313 g/mol. The van der Waals surface area contributed by atoms with Gasteiger partial charge in [0.25, 0.3) is 0 Å². The van der Waals surface area contributed by atoms with Crippen molar-refractivity contribution < 1.29 is 26.4 Å². The zero-order chi connectivity index (χ0) is 17.1. The summed E-state index contributed by atoms with van der Waals surface area (Å²) in [5, 5.41) is 0.0694. The van der Waals surface area contributed by atoms with Gasteiger partial charge in [-0.3, -0.25) is 0 Å². The van der Waals surface area contributed by atoms with E-state index in [0.717, 1.165) is 12.1 Å². The molecule has 0 amide bonds. The second-order valence-electron chi connectivity index (χ2n) is 5.81. The SMILES string of the molecule is CC(C)O[Si](OC(C)C)(OC(C)C)c1cc(F)c(F)c(F)c1. The molecule has 0 unspecified atom stereocenters. The lowest BCUT2D eigenvalue weighted by Crippen LogP contribution is -2.60. The van der Waals surface area contributed by atoms with Gasteiger partial charge in [0, 0.05) is 23.5 Å². The van der Waals surface area contributed by atoms with Crippen LogP contribution in [0.15, 0.2) is 12.1 Å². The van der Waals surface area contributed by atoms with Crippen LogP contribution in [0.5, 0.6) is 0 Å². The van der Waals surface area contributed by atoms with Crippen molar-refractivity contribution in [1.29, 1.82) is 0 Å². The predicted molar refractivity (Wildman–Crippen MR) is 80.4 cm³/mol. The van der Waals surface area contributed by atoms with Crippen LogP contribution < -0.4 is 5.19 Å². The third kappa shape index (κ3) is 4.81. The molecule has 0 saturated carbocycles. The first-order valence-electron chi connectivity index (χ1n) is 7.26. The number of hydrogen-bond acceptors (Lipinski definition) is 3. The molecule has 0 heterocycles. The fourth-order valence-corrected chi connectivity index (χ4v) is 4.99. The molecule has 0 aliphatic heterocycles. The van der Waals surface area contributed by atoms with Gasteiger partial charge in [0.15, 0.2) is 17.5 Å². The summed E-state index contributed by atoms with van der Waals surface area (Å²) >= 11 is 0. The maximum absolute atomic E-state index is 13.6. The number of benzene rings is 1. The van der Waals surface area contributed by atoms with Gasteiger partial charge < -0.3 is 13.3 Å². The van der Waals surface area contributed by atoms with E-state index in [1.165, 1.54) is 0 Å². The van der Waals surface area contributed by atoms with Crippen molar-refractivity contribution in [3.05, 3.63) is 29.6 Å². The Kier molecular flexibility index (Phi) is 6.60. The van der Waals surface area contributed by atoms with Crippen LogP contribution in [0.3, 0.4) is 0 Å². The molecule has 1 rings (SSSR count). The van der Waals surface area contributed by atoms with Crippen molar-refractivity contribution in [3.8, 4) is 0 Å². The first-order chi connectivity index (χ1) is 10.1. The number of rotatable bonds is 7. The van der Waals surface area contributed by atoms with Crippen molar-refractivity contribution in [1.82, 2.24) is 0 Å². The summed E-state index contributed by atoms with van der Waals surface area (Å²) in [6, 6.07) is 1.77. The molecule has 0 atom stereocenters. The van der Waals surface area contributed by atoms with Crippen LogP contribution in [0.1, 0.15) is 41.5 Å². The highest BCUT2D eigenvalue weighted by Gasteiger charge is 2.47. The average molecular weight is 336 g/mol. The largest absolute Gasteiger partial charge is 0.538 e. The highest BCUT2D eigenvalue weighted by molar-refractivity contribution is 6.75. The summed E-state index contributed by atoms with van der Waals surface area (Å²) in [6.07, 6.45) is -0.874. The molecule has 3 nitrogen and oxygen atoms in total. The van der Waals surface area contributed by atoms with Gasteiger partial charge in [0.2, 0.25) is 0 Å². The van der Waals surface area contributed by atoms with Gasteiger partial charge >= 0.3 is 8.80 Å². The van der Waals surface area contributed by atoms with Gasteiger partial charge in [0.1, 0.15) is 0 Å². The molecule has 22 heavy (non-hydrogen) atoms. The van der Waals surface area contributed by atoms with E-state index in [4.69, 9.17) is 13.3 Å². The van der Waals surface area contributed by atoms with Crippen LogP contribution in [0.4, 0.5) is 13.2 Å². The molecule has 0 fully saturated rings. The lowest BCUT2D eigenvalue weighted by Gasteiger charge is -2.34. The van der Waals surface area contributed by atoms with E-state index in [1.807, 2.05) is 0 Å². The quantitative estimate of drug-likeness (QED) is 0.563. The first kappa shape index (κ1) is 19.2. The molecule has 1 aromatic carbocycles. The Bertz CT molecular complexity index is 457. The Morgan fingerprint density at radius 3 is 1.32 bits per heavy atom. The summed E-state index contributed by atoms with van der Waals surface area (Å²) < 4.78 is 58.0. The molecule has 0 radical (unpaired) electrons. The van der Waals surface area contributed by atoms with E-state index < -0.39 is 26.3 Å². The number of halogens is 3. The lowest BCUT2D eigenvalue weighted by atomic mass is 10.3. The first-order valence-corrected chi connectivity index (χ1v) is 8.98. The smallest absolute Gasteiger partial charge is 0.367 e. The fraction of sp³-hybridized carbons (Fsp3) is 0.600. The zero-order valence-electron chi connectivity index (χ0n) is 13.7. The molecule has 0 saturated heterocycles. The fourth-order valence-electron chi connectivity index (χ4n) is 1.95. The standard InChI is InChI=1S/C15H23F3O3Si/c1-9(2)19-22(20-10(3)4,21-11(5)6)12-7-13(16)15(18)14(17)8-12/h7-11H,1-6H3. The van der Waals surface area contributed by atoms with Crippen LogP contribution >= 0.6 is 0 Å². The van der Waals surface area contributed by atoms with Gasteiger partial charge in [-0.1, -0.05) is 0 Å². The molecular formula is C15H23F3O3Si. The summed E-state index contributed by atoms with van der Waals surface area (Å²) in [6.45, 7) is 10.6. The second kappa shape index (κ2) is 7.59. The van der Waals surface area contributed by atoms with Crippen molar-refractivity contribution >= 4 is 14.0 Å². The molecule has 1 aromatic rings. The Morgan fingerprint density at radius 1 is 0.727 bits per heavy atom. The van der Waals surface area contributed by atoms with Crippen molar-refractivity contribution in [2.45, 2.75) is 59.9 Å². The molecule has 0 N–H and O–H groups in total. The summed E-state index contributed by atoms with van der Waals surface area (Å²) in [5.41, 5.74) is 0. The van der Waals surface area contributed by atoms with Gasteiger partial charge in [-0.25, -0.2) is 13.2 Å². The lowest BCUT2D eigenvalue weighted by molar-refractivity contribution is 0.0152. The van der Waals surface area contributed by atoms with Crippen LogP contribution in [0.25, 0.3) is 0 Å². The van der Waals surface area contributed by atoms with Crippen LogP contribution in [-0.4, -0.2) is 27.1 Å². The summed E-state index contributed by atoms with van der Waals surface area (Å²) in [7, 11) is -3.59. The van der Waals surface area contributed by atoms with E-state index >= 15 is 0 Å². The maximum atomic E-state index is 13.6. The molecule has 0 bridgehead atoms. The Labute approximate surface area is 130 Å². The van der Waals surface area contributed by atoms with E-state index in [2.05, 4.69) is 0 Å². The minimum Gasteiger partial charge on any atom is -0.367 e. The molecule has 126 valence electrons. The topological polar surface area (TPSA) is 27.7 Å². The van der Waals surface area contributed by atoms with Crippen molar-refractivity contribution in [2.75, 3.05) is 0 Å². The van der Waals surface area contributed by atoms with Gasteiger partial charge in [-0.05, 0) is 53.7 Å². The molecule has 0 spiro atoms. The Balaban J connectivity index is 3.44. The summed E-state index contributed by atoms with van der Waals surface area (Å²) in [4.78, 5) is 0. The van der Waals surface area contributed by atoms with Crippen LogP contribution in [0, 0.1) is 17.5 Å². The molecule has 0 aliphatic carbocycles. The minimum absolute atomic E-state index is 0.0694. The zero-order valence-corrected chi connectivity index (χ0v) is 14.7. The highest BCUT2D eigenvalue weighted by atomic mass is 28.4. The molecule has 0 aromatic heterocycles. The molecule has 7 heteroatoms. The monoisotopic (exact) mass is 336 g/mol. The third-order valence-electron chi connectivity index (χ3n) is 2.51. The van der Waals surface area contributed by atoms with E-state index in [9.17, 15) is 13.2 Å². The van der Waals surface area contributed by atoms with Crippen LogP contribution in [0.2, 0.25) is 0 Å². The third-order valence-corrected chi connectivity index (χ3v) is 5.85. The Hall–Kier alpha value is -0.893.